The van der Waals surface area contributed by atoms with Crippen LogP contribution in [0.2, 0.25) is 0 Å². The van der Waals surface area contributed by atoms with Crippen LogP contribution in [-0.4, -0.2) is 23.6 Å². The Morgan fingerprint density at radius 1 is 1.47 bits per heavy atom. The van der Waals surface area contributed by atoms with Crippen LogP contribution in [0, 0.1) is 0 Å². The molecule has 0 unspecified atom stereocenters. The van der Waals surface area contributed by atoms with Gasteiger partial charge in [-0.3, -0.25) is 0 Å². The Bertz CT molecular complexity index is 417. The van der Waals surface area contributed by atoms with Gasteiger partial charge in [0.25, 0.3) is 0 Å². The smallest absolute Gasteiger partial charge is 0.242 e. The molecule has 1 aromatic heterocycles. The van der Waals surface area contributed by atoms with Crippen molar-refractivity contribution in [3.05, 3.63) is 18.0 Å². The number of hydrogen-bond acceptors (Lipinski definition) is 5. The van der Waals surface area contributed by atoms with Crippen LogP contribution in [0.3, 0.4) is 0 Å². The van der Waals surface area contributed by atoms with Crippen molar-refractivity contribution >= 4 is 11.5 Å². The van der Waals surface area contributed by atoms with E-state index in [1.165, 1.54) is 31.2 Å². The minimum absolute atomic E-state index is 0.419. The maximum Gasteiger partial charge on any atom is 0.242 e. The molecule has 0 radical (unpaired) electrons. The summed E-state index contributed by atoms with van der Waals surface area (Å²) in [6, 6.07) is 0. The van der Waals surface area contributed by atoms with Crippen molar-refractivity contribution in [3.63, 3.8) is 0 Å². The van der Waals surface area contributed by atoms with Crippen LogP contribution in [0.25, 0.3) is 0 Å². The topological polar surface area (TPSA) is 73.1 Å². The lowest BCUT2D eigenvalue weighted by Crippen LogP contribution is -2.08. The first kappa shape index (κ1) is 11.7. The molecule has 92 valence electrons. The second kappa shape index (κ2) is 5.52. The van der Waals surface area contributed by atoms with E-state index in [1.54, 1.807) is 7.11 Å². The van der Waals surface area contributed by atoms with E-state index in [0.717, 1.165) is 13.0 Å². The van der Waals surface area contributed by atoms with Crippen molar-refractivity contribution in [1.82, 2.24) is 9.97 Å². The van der Waals surface area contributed by atoms with Crippen LogP contribution >= 0.6 is 0 Å². The Morgan fingerprint density at radius 3 is 3.06 bits per heavy atom. The molecule has 5 nitrogen and oxygen atoms in total. The summed E-state index contributed by atoms with van der Waals surface area (Å²) in [5.41, 5.74) is 7.85. The fourth-order valence-corrected chi connectivity index (χ4v) is 1.99. The zero-order valence-electron chi connectivity index (χ0n) is 10.1. The molecule has 3 N–H and O–H groups in total. The van der Waals surface area contributed by atoms with Crippen LogP contribution in [0.5, 0.6) is 5.88 Å². The van der Waals surface area contributed by atoms with Gasteiger partial charge in [0.05, 0.1) is 7.11 Å². The molecular weight excluding hydrogens is 216 g/mol. The first-order valence-corrected chi connectivity index (χ1v) is 5.87. The van der Waals surface area contributed by atoms with E-state index in [2.05, 4.69) is 21.4 Å². The zero-order valence-corrected chi connectivity index (χ0v) is 10.1. The molecule has 0 bridgehead atoms. The van der Waals surface area contributed by atoms with Crippen LogP contribution in [0.15, 0.2) is 18.0 Å². The average molecular weight is 234 g/mol. The lowest BCUT2D eigenvalue weighted by atomic mass is 10.2. The Balaban J connectivity index is 1.90. The second-order valence-corrected chi connectivity index (χ2v) is 4.08. The summed E-state index contributed by atoms with van der Waals surface area (Å²) in [5.74, 6) is 1.07. The number of methoxy groups -OCH3 is 1. The molecule has 0 amide bonds. The highest BCUT2D eigenvalue weighted by Gasteiger charge is 2.08. The molecule has 5 heteroatoms. The molecule has 0 aliphatic heterocycles. The molecule has 0 saturated carbocycles. The van der Waals surface area contributed by atoms with Crippen molar-refractivity contribution in [2.75, 3.05) is 24.7 Å². The zero-order chi connectivity index (χ0) is 12.1. The number of allylic oxidation sites excluding steroid dienone is 1. The monoisotopic (exact) mass is 234 g/mol. The Kier molecular flexibility index (Phi) is 3.80. The van der Waals surface area contributed by atoms with E-state index in [-0.39, 0.29) is 0 Å². The van der Waals surface area contributed by atoms with Gasteiger partial charge in [0.15, 0.2) is 5.82 Å². The van der Waals surface area contributed by atoms with Crippen molar-refractivity contribution in [2.45, 2.75) is 25.7 Å². The number of anilines is 2. The van der Waals surface area contributed by atoms with Gasteiger partial charge < -0.3 is 15.8 Å². The predicted octanol–water partition coefficient (Wildman–Crippen LogP) is 1.98. The van der Waals surface area contributed by atoms with Crippen LogP contribution in [0.4, 0.5) is 11.5 Å². The fraction of sp³-hybridized carbons (Fsp3) is 0.500. The second-order valence-electron chi connectivity index (χ2n) is 4.08. The molecule has 0 aromatic carbocycles. The average Bonchev–Trinajstić information content (AvgIpc) is 2.84. The largest absolute Gasteiger partial charge is 0.479 e. The molecule has 0 fully saturated rings. The van der Waals surface area contributed by atoms with Gasteiger partial charge in [0.2, 0.25) is 5.88 Å². The van der Waals surface area contributed by atoms with E-state index in [1.807, 2.05) is 0 Å². The summed E-state index contributed by atoms with van der Waals surface area (Å²) in [6.45, 7) is 0.843. The van der Waals surface area contributed by atoms with Gasteiger partial charge in [0.1, 0.15) is 12.0 Å². The van der Waals surface area contributed by atoms with Crippen LogP contribution in [0.1, 0.15) is 25.7 Å². The standard InChI is InChI=1S/C12H18N4O/c1-17-12-10(13)11(15-8-16-12)14-7-6-9-4-2-3-5-9/h4,8H,2-3,5-7,13H2,1H3,(H,14,15,16). The van der Waals surface area contributed by atoms with Crippen molar-refractivity contribution < 1.29 is 4.74 Å². The number of hydrogen-bond donors (Lipinski definition) is 2. The molecule has 1 aliphatic carbocycles. The third-order valence-corrected chi connectivity index (χ3v) is 2.91. The normalized spacial score (nSPS) is 14.5. The lowest BCUT2D eigenvalue weighted by molar-refractivity contribution is 0.399. The third kappa shape index (κ3) is 2.87. The molecule has 0 saturated heterocycles. The Hall–Kier alpha value is -1.78. The van der Waals surface area contributed by atoms with Crippen molar-refractivity contribution in [1.29, 1.82) is 0 Å². The molecule has 0 atom stereocenters. The van der Waals surface area contributed by atoms with Crippen molar-refractivity contribution in [2.24, 2.45) is 0 Å². The molecule has 17 heavy (non-hydrogen) atoms. The predicted molar refractivity (Wildman–Crippen MR) is 68.0 cm³/mol. The summed E-state index contributed by atoms with van der Waals surface area (Å²) in [6.07, 6.45) is 8.56. The van der Waals surface area contributed by atoms with E-state index >= 15 is 0 Å². The number of nitrogens with two attached hydrogens (primary N) is 1. The maximum atomic E-state index is 5.86. The fourth-order valence-electron chi connectivity index (χ4n) is 1.99. The highest BCUT2D eigenvalue weighted by Crippen LogP contribution is 2.25. The summed E-state index contributed by atoms with van der Waals surface area (Å²) in [4.78, 5) is 8.04. The molecule has 2 rings (SSSR count). The summed E-state index contributed by atoms with van der Waals surface area (Å²) >= 11 is 0. The number of rotatable bonds is 5. The number of ether oxygens (including phenoxy) is 1. The molecule has 1 aromatic rings. The van der Waals surface area contributed by atoms with Gasteiger partial charge in [-0.15, -0.1) is 0 Å². The van der Waals surface area contributed by atoms with Gasteiger partial charge in [-0.05, 0) is 25.7 Å². The van der Waals surface area contributed by atoms with Gasteiger partial charge in [0, 0.05) is 6.54 Å². The van der Waals surface area contributed by atoms with Gasteiger partial charge in [-0.25, -0.2) is 4.98 Å². The molecule has 1 aliphatic rings. The Morgan fingerprint density at radius 2 is 2.35 bits per heavy atom. The van der Waals surface area contributed by atoms with E-state index in [0.29, 0.717) is 17.4 Å². The van der Waals surface area contributed by atoms with Gasteiger partial charge in [-0.2, -0.15) is 4.98 Å². The lowest BCUT2D eigenvalue weighted by Gasteiger charge is -2.10. The highest BCUT2D eigenvalue weighted by molar-refractivity contribution is 5.66. The summed E-state index contributed by atoms with van der Waals surface area (Å²) in [7, 11) is 1.55. The minimum Gasteiger partial charge on any atom is -0.479 e. The summed E-state index contributed by atoms with van der Waals surface area (Å²) in [5, 5.41) is 3.22. The van der Waals surface area contributed by atoms with Crippen LogP contribution < -0.4 is 15.8 Å². The minimum atomic E-state index is 0.419. The van der Waals surface area contributed by atoms with E-state index < -0.39 is 0 Å². The van der Waals surface area contributed by atoms with Crippen molar-refractivity contribution in [3.8, 4) is 5.88 Å². The summed E-state index contributed by atoms with van der Waals surface area (Å²) < 4.78 is 5.04. The first-order valence-electron chi connectivity index (χ1n) is 5.87. The highest BCUT2D eigenvalue weighted by atomic mass is 16.5. The van der Waals surface area contributed by atoms with E-state index in [4.69, 9.17) is 10.5 Å². The van der Waals surface area contributed by atoms with Gasteiger partial charge in [-0.1, -0.05) is 11.6 Å². The number of nitrogens with zero attached hydrogens (tertiary/aromatic N) is 2. The first-order chi connectivity index (χ1) is 8.31. The molecule has 0 spiro atoms. The third-order valence-electron chi connectivity index (χ3n) is 2.91. The van der Waals surface area contributed by atoms with Gasteiger partial charge >= 0.3 is 0 Å². The number of nitrogen functional groups attached to an aromatic ring is 1. The number of nitrogens with one attached hydrogen (secondary N) is 1. The van der Waals surface area contributed by atoms with Crippen LogP contribution in [-0.2, 0) is 0 Å². The number of aromatic nitrogens is 2. The quantitative estimate of drug-likeness (QED) is 0.762. The molecular formula is C12H18N4O. The van der Waals surface area contributed by atoms with E-state index in [9.17, 15) is 0 Å². The Labute approximate surface area is 101 Å². The molecule has 1 heterocycles. The SMILES string of the molecule is COc1ncnc(NCCC2=CCCC2)c1N. The maximum absolute atomic E-state index is 5.86.